The van der Waals surface area contributed by atoms with E-state index in [9.17, 15) is 53.1 Å². The number of hydrogen-bond donors (Lipinski definition) is 0. The monoisotopic (exact) mass is 420 g/mol. The minimum atomic E-state index is -6.47. The van der Waals surface area contributed by atoms with Crippen LogP contribution >= 0.6 is 0 Å². The Hall–Kier alpha value is -1.60. The lowest BCUT2D eigenvalue weighted by molar-refractivity contribution is -0.305. The van der Waals surface area contributed by atoms with Crippen LogP contribution in [0.3, 0.4) is 0 Å². The zero-order valence-corrected chi connectivity index (χ0v) is 12.5. The quantitative estimate of drug-likeness (QED) is 0.390. The van der Waals surface area contributed by atoms with Crippen LogP contribution in [0.2, 0.25) is 0 Å². The van der Waals surface area contributed by atoms with Gasteiger partial charge in [0.05, 0.1) is 0 Å². The zero-order chi connectivity index (χ0) is 21.0. The number of esters is 1. The topological polar surface area (TPSA) is 35.5 Å². The molecule has 2 saturated heterocycles. The van der Waals surface area contributed by atoms with E-state index in [4.69, 9.17) is 0 Å². The summed E-state index contributed by atoms with van der Waals surface area (Å²) < 4.78 is 157. The molecule has 0 N–H and O–H groups in total. The first-order valence-corrected chi connectivity index (χ1v) is 7.02. The normalized spacial score (nSPS) is 43.4. The summed E-state index contributed by atoms with van der Waals surface area (Å²) in [6.45, 7) is 2.31. The first kappa shape index (κ1) is 20.1. The molecule has 3 fully saturated rings. The van der Waals surface area contributed by atoms with Crippen LogP contribution in [0.5, 0.6) is 0 Å². The number of fused-ring (bicyclic) bond motifs is 5. The second kappa shape index (κ2) is 4.87. The first-order valence-electron chi connectivity index (χ1n) is 7.02. The van der Waals surface area contributed by atoms with Gasteiger partial charge in [-0.3, -0.25) is 0 Å². The molecule has 0 aromatic carbocycles. The van der Waals surface area contributed by atoms with Crippen molar-refractivity contribution in [2.75, 3.05) is 0 Å². The Kier molecular flexibility index (Phi) is 3.63. The van der Waals surface area contributed by atoms with Crippen molar-refractivity contribution in [1.82, 2.24) is 0 Å². The van der Waals surface area contributed by atoms with Gasteiger partial charge in [-0.1, -0.05) is 6.58 Å². The highest BCUT2D eigenvalue weighted by Gasteiger charge is 3.05. The molecule has 5 unspecified atom stereocenters. The van der Waals surface area contributed by atoms with Gasteiger partial charge >= 0.3 is 29.9 Å². The van der Waals surface area contributed by atoms with E-state index in [2.05, 4.69) is 16.1 Å². The highest BCUT2D eigenvalue weighted by atomic mass is 19.4. The molecule has 0 aromatic rings. The minimum Gasteiger partial charge on any atom is -0.456 e. The average molecular weight is 420 g/mol. The molecule has 0 spiro atoms. The minimum absolute atomic E-state index is 1.34. The lowest BCUT2D eigenvalue weighted by atomic mass is 9.73. The van der Waals surface area contributed by atoms with Gasteiger partial charge in [0.25, 0.3) is 5.67 Å². The number of carbonyl (C=O) groups is 1. The van der Waals surface area contributed by atoms with Gasteiger partial charge in [0.15, 0.2) is 0 Å². The summed E-state index contributed by atoms with van der Waals surface area (Å²) in [7, 11) is 0. The van der Waals surface area contributed by atoms with Crippen molar-refractivity contribution in [2.24, 2.45) is 0 Å². The van der Waals surface area contributed by atoms with E-state index in [1.54, 1.807) is 0 Å². The smallest absolute Gasteiger partial charge is 0.422 e. The summed E-state index contributed by atoms with van der Waals surface area (Å²) in [4.78, 5) is 11.3. The molecule has 0 aromatic heterocycles. The van der Waals surface area contributed by atoms with Crippen molar-refractivity contribution in [3.63, 3.8) is 0 Å². The fourth-order valence-corrected chi connectivity index (χ4v) is 3.63. The average Bonchev–Trinajstić information content (AvgIpc) is 3.04. The van der Waals surface area contributed by atoms with Gasteiger partial charge in [0.1, 0.15) is 23.9 Å². The number of halogens is 11. The van der Waals surface area contributed by atoms with Crippen molar-refractivity contribution in [3.05, 3.63) is 12.2 Å². The third kappa shape index (κ3) is 1.85. The molecule has 3 rings (SSSR count). The van der Waals surface area contributed by atoms with E-state index in [0.29, 0.717) is 0 Å². The molecule has 1 aliphatic carbocycles. The van der Waals surface area contributed by atoms with Gasteiger partial charge in [-0.05, 0) is 0 Å². The first-order chi connectivity index (χ1) is 11.9. The molecule has 14 heteroatoms. The lowest BCUT2D eigenvalue weighted by Gasteiger charge is -2.39. The van der Waals surface area contributed by atoms with Gasteiger partial charge in [-0.2, -0.15) is 39.5 Å². The van der Waals surface area contributed by atoms with Crippen LogP contribution in [0, 0.1) is 0 Å². The SMILES string of the molecule is C=C(C(=O)OC1CC2OC1C1(F)C(F)(F)C(F)(F)C(F)(F)C21F)C(F)(F)F. The number of carbonyl (C=O) groups excluding carboxylic acids is 1. The Balaban J connectivity index is 1.99. The number of alkyl halides is 11. The maximum Gasteiger partial charge on any atom is 0.422 e. The molecular weight excluding hydrogens is 413 g/mol. The fraction of sp³-hybridized carbons (Fsp3) is 0.769. The molecule has 2 heterocycles. The van der Waals surface area contributed by atoms with Gasteiger partial charge in [0, 0.05) is 6.42 Å². The molecule has 3 nitrogen and oxygen atoms in total. The van der Waals surface area contributed by atoms with E-state index >= 15 is 0 Å². The fourth-order valence-electron chi connectivity index (χ4n) is 3.63. The number of hydrogen-bond acceptors (Lipinski definition) is 3. The summed E-state index contributed by atoms with van der Waals surface area (Å²) in [6, 6.07) is 0. The summed E-state index contributed by atoms with van der Waals surface area (Å²) in [5.41, 5.74) is -12.7. The molecule has 3 aliphatic rings. The third-order valence-electron chi connectivity index (χ3n) is 5.01. The van der Waals surface area contributed by atoms with E-state index in [-0.39, 0.29) is 0 Å². The Morgan fingerprint density at radius 3 is 1.89 bits per heavy atom. The maximum atomic E-state index is 14.8. The van der Waals surface area contributed by atoms with Crippen molar-refractivity contribution in [1.29, 1.82) is 0 Å². The predicted octanol–water partition coefficient (Wildman–Crippen LogP) is 3.52. The molecule has 2 bridgehead atoms. The van der Waals surface area contributed by atoms with Crippen LogP contribution in [0.4, 0.5) is 48.3 Å². The second-order valence-corrected chi connectivity index (χ2v) is 6.35. The van der Waals surface area contributed by atoms with E-state index in [0.717, 1.165) is 0 Å². The Labute approximate surface area is 142 Å². The van der Waals surface area contributed by atoms with Crippen molar-refractivity contribution in [3.8, 4) is 0 Å². The van der Waals surface area contributed by atoms with Crippen molar-refractivity contribution >= 4 is 5.97 Å². The van der Waals surface area contributed by atoms with E-state index < -0.39 is 71.6 Å². The van der Waals surface area contributed by atoms with Gasteiger partial charge in [-0.15, -0.1) is 0 Å². The third-order valence-corrected chi connectivity index (χ3v) is 5.01. The molecule has 5 atom stereocenters. The lowest BCUT2D eigenvalue weighted by Crippen LogP contribution is -2.67. The van der Waals surface area contributed by atoms with Crippen LogP contribution in [-0.2, 0) is 14.3 Å². The van der Waals surface area contributed by atoms with E-state index in [1.165, 1.54) is 0 Å². The Bertz CT molecular complexity index is 717. The Morgan fingerprint density at radius 2 is 1.41 bits per heavy atom. The predicted molar refractivity (Wildman–Crippen MR) is 60.9 cm³/mol. The van der Waals surface area contributed by atoms with E-state index in [1.807, 2.05) is 0 Å². The van der Waals surface area contributed by atoms with Crippen LogP contribution < -0.4 is 0 Å². The van der Waals surface area contributed by atoms with Gasteiger partial charge < -0.3 is 9.47 Å². The summed E-state index contributed by atoms with van der Waals surface area (Å²) >= 11 is 0. The highest BCUT2D eigenvalue weighted by Crippen LogP contribution is 2.75. The standard InChI is InChI=1S/C13H7F11O3/c1-3(10(16,17)18)7(25)26-4-2-5-8(14)9(15,6(4)27-5)12(21,22)13(23,24)11(8,19)20/h4-6H,1-2H2. The molecule has 0 amide bonds. The molecule has 27 heavy (non-hydrogen) atoms. The summed E-state index contributed by atoms with van der Waals surface area (Å²) in [5, 5.41) is 0. The molecule has 154 valence electrons. The summed E-state index contributed by atoms with van der Waals surface area (Å²) in [6.07, 6.45) is -15.2. The van der Waals surface area contributed by atoms with Gasteiger partial charge in [-0.25, -0.2) is 13.6 Å². The summed E-state index contributed by atoms with van der Waals surface area (Å²) in [5.74, 6) is -21.3. The zero-order valence-electron chi connectivity index (χ0n) is 12.5. The Morgan fingerprint density at radius 1 is 0.926 bits per heavy atom. The maximum absolute atomic E-state index is 14.8. The molecule has 1 saturated carbocycles. The molecule has 2 aliphatic heterocycles. The van der Waals surface area contributed by atoms with Crippen LogP contribution in [0.15, 0.2) is 12.2 Å². The van der Waals surface area contributed by atoms with Gasteiger partial charge in [0.2, 0.25) is 5.67 Å². The largest absolute Gasteiger partial charge is 0.456 e. The van der Waals surface area contributed by atoms with Crippen molar-refractivity contribution in [2.45, 2.75) is 60.0 Å². The molecule has 0 radical (unpaired) electrons. The number of ether oxygens (including phenoxy) is 2. The van der Waals surface area contributed by atoms with Crippen LogP contribution in [0.1, 0.15) is 6.42 Å². The van der Waals surface area contributed by atoms with Crippen molar-refractivity contribution < 1.29 is 62.6 Å². The second-order valence-electron chi connectivity index (χ2n) is 6.35. The highest BCUT2D eigenvalue weighted by molar-refractivity contribution is 5.89. The number of rotatable bonds is 2. The molecular formula is C13H7F11O3. The van der Waals surface area contributed by atoms with Crippen LogP contribution in [-0.4, -0.2) is 59.6 Å². The van der Waals surface area contributed by atoms with Crippen LogP contribution in [0.25, 0.3) is 0 Å².